The van der Waals surface area contributed by atoms with Crippen LogP contribution >= 0.6 is 0 Å². The van der Waals surface area contributed by atoms with Crippen LogP contribution in [0.15, 0.2) is 16.5 Å². The average Bonchev–Trinajstić information content (AvgIpc) is 2.87. The highest BCUT2D eigenvalue weighted by atomic mass is 16.3. The highest BCUT2D eigenvalue weighted by molar-refractivity contribution is 5.93. The topological polar surface area (TPSA) is 30.2 Å². The largest absolute Gasteiger partial charge is 0.458 e. The van der Waals surface area contributed by atoms with Crippen LogP contribution in [0.1, 0.15) is 93.9 Å². The average molecular weight is 278 g/mol. The molecule has 0 aliphatic carbocycles. The number of furan rings is 1. The van der Waals surface area contributed by atoms with Crippen LogP contribution in [0.5, 0.6) is 0 Å². The number of aryl methyl sites for hydroxylation is 1. The standard InChI is InChI=1S/C18H30O2/c1-3-4-5-6-7-8-9-10-11-12-13-17(19)18-15-14-16(2)20-18/h14-15H,3-13H2,1-2H3. The molecule has 0 aliphatic heterocycles. The predicted octanol–water partition coefficient (Wildman–Crippen LogP) is 6.08. The van der Waals surface area contributed by atoms with E-state index < -0.39 is 0 Å². The third-order valence-corrected chi connectivity index (χ3v) is 3.77. The van der Waals surface area contributed by atoms with Crippen molar-refractivity contribution in [3.8, 4) is 0 Å². The van der Waals surface area contributed by atoms with Crippen molar-refractivity contribution in [2.45, 2.75) is 84.5 Å². The molecule has 20 heavy (non-hydrogen) atoms. The molecule has 1 rings (SSSR count). The minimum absolute atomic E-state index is 0.151. The second kappa shape index (κ2) is 10.7. The van der Waals surface area contributed by atoms with Gasteiger partial charge in [0.1, 0.15) is 5.76 Å². The highest BCUT2D eigenvalue weighted by Crippen LogP contribution is 2.14. The van der Waals surface area contributed by atoms with Crippen LogP contribution in [0.4, 0.5) is 0 Å². The smallest absolute Gasteiger partial charge is 0.197 e. The first kappa shape index (κ1) is 17.0. The molecule has 0 saturated heterocycles. The van der Waals surface area contributed by atoms with Gasteiger partial charge in [0.2, 0.25) is 0 Å². The molecule has 1 aromatic heterocycles. The maximum Gasteiger partial charge on any atom is 0.197 e. The van der Waals surface area contributed by atoms with Gasteiger partial charge < -0.3 is 4.42 Å². The van der Waals surface area contributed by atoms with Gasteiger partial charge in [-0.1, -0.05) is 64.7 Å². The van der Waals surface area contributed by atoms with Crippen molar-refractivity contribution in [2.75, 3.05) is 0 Å². The lowest BCUT2D eigenvalue weighted by Gasteiger charge is -2.02. The zero-order chi connectivity index (χ0) is 14.6. The highest BCUT2D eigenvalue weighted by Gasteiger charge is 2.09. The molecule has 2 nitrogen and oxygen atoms in total. The summed E-state index contributed by atoms with van der Waals surface area (Å²) < 4.78 is 5.34. The molecule has 0 spiro atoms. The number of ketones is 1. The van der Waals surface area contributed by atoms with Gasteiger partial charge in [0.05, 0.1) is 0 Å². The molecule has 0 amide bonds. The quantitative estimate of drug-likeness (QED) is 0.342. The molecule has 0 aromatic carbocycles. The number of Topliss-reactive ketones (excluding diaryl/α,β-unsaturated/α-hetero) is 1. The van der Waals surface area contributed by atoms with Crippen LogP contribution in [-0.4, -0.2) is 5.78 Å². The lowest BCUT2D eigenvalue weighted by molar-refractivity contribution is 0.0951. The van der Waals surface area contributed by atoms with E-state index in [0.29, 0.717) is 12.2 Å². The van der Waals surface area contributed by atoms with Gasteiger partial charge in [-0.2, -0.15) is 0 Å². The van der Waals surface area contributed by atoms with Gasteiger partial charge in [0.25, 0.3) is 0 Å². The summed E-state index contributed by atoms with van der Waals surface area (Å²) in [5.74, 6) is 1.49. The zero-order valence-electron chi connectivity index (χ0n) is 13.2. The first-order chi connectivity index (χ1) is 9.74. The third kappa shape index (κ3) is 7.52. The Bertz CT molecular complexity index is 365. The maximum atomic E-state index is 11.8. The van der Waals surface area contributed by atoms with E-state index >= 15 is 0 Å². The number of hydrogen-bond acceptors (Lipinski definition) is 2. The summed E-state index contributed by atoms with van der Waals surface area (Å²) in [4.78, 5) is 11.8. The Morgan fingerprint density at radius 2 is 1.45 bits per heavy atom. The molecule has 0 radical (unpaired) electrons. The molecule has 114 valence electrons. The van der Waals surface area contributed by atoms with Gasteiger partial charge in [0, 0.05) is 6.42 Å². The lowest BCUT2D eigenvalue weighted by atomic mass is 10.0. The van der Waals surface area contributed by atoms with Crippen molar-refractivity contribution in [3.63, 3.8) is 0 Å². The second-order valence-electron chi connectivity index (χ2n) is 5.77. The minimum atomic E-state index is 0.151. The van der Waals surface area contributed by atoms with Crippen molar-refractivity contribution in [3.05, 3.63) is 23.7 Å². The molecular formula is C18H30O2. The van der Waals surface area contributed by atoms with E-state index in [1.54, 1.807) is 6.07 Å². The minimum Gasteiger partial charge on any atom is -0.458 e. The van der Waals surface area contributed by atoms with Gasteiger partial charge >= 0.3 is 0 Å². The lowest BCUT2D eigenvalue weighted by Crippen LogP contribution is -1.96. The normalized spacial score (nSPS) is 10.9. The van der Waals surface area contributed by atoms with Gasteiger partial charge in [-0.25, -0.2) is 0 Å². The number of hydrogen-bond donors (Lipinski definition) is 0. The number of carbonyl (C=O) groups excluding carboxylic acids is 1. The molecule has 0 bridgehead atoms. The summed E-state index contributed by atoms with van der Waals surface area (Å²) >= 11 is 0. The molecule has 0 N–H and O–H groups in total. The monoisotopic (exact) mass is 278 g/mol. The number of rotatable bonds is 12. The van der Waals surface area contributed by atoms with Gasteiger partial charge in [-0.05, 0) is 25.5 Å². The Labute approximate surface area is 123 Å². The van der Waals surface area contributed by atoms with Gasteiger partial charge in [-0.15, -0.1) is 0 Å². The van der Waals surface area contributed by atoms with Crippen LogP contribution in [0.2, 0.25) is 0 Å². The molecule has 0 atom stereocenters. The Hall–Kier alpha value is -1.05. The molecule has 0 fully saturated rings. The Morgan fingerprint density at radius 3 is 1.95 bits per heavy atom. The van der Waals surface area contributed by atoms with E-state index in [9.17, 15) is 4.79 Å². The fraction of sp³-hybridized carbons (Fsp3) is 0.722. The third-order valence-electron chi connectivity index (χ3n) is 3.77. The van der Waals surface area contributed by atoms with E-state index in [0.717, 1.165) is 12.2 Å². The first-order valence-corrected chi connectivity index (χ1v) is 8.33. The molecule has 0 aliphatic rings. The Kier molecular flexibility index (Phi) is 9.10. The van der Waals surface area contributed by atoms with Crippen LogP contribution in [-0.2, 0) is 0 Å². The summed E-state index contributed by atoms with van der Waals surface area (Å²) in [6.45, 7) is 4.13. The van der Waals surface area contributed by atoms with Gasteiger partial charge in [-0.3, -0.25) is 4.79 Å². The van der Waals surface area contributed by atoms with Gasteiger partial charge in [0.15, 0.2) is 11.5 Å². The van der Waals surface area contributed by atoms with Crippen molar-refractivity contribution < 1.29 is 9.21 Å². The molecule has 1 heterocycles. The Morgan fingerprint density at radius 1 is 0.900 bits per heavy atom. The fourth-order valence-electron chi connectivity index (χ4n) is 2.48. The second-order valence-corrected chi connectivity index (χ2v) is 5.77. The number of unbranched alkanes of at least 4 members (excludes halogenated alkanes) is 9. The molecule has 0 unspecified atom stereocenters. The molecule has 1 aromatic rings. The summed E-state index contributed by atoms with van der Waals surface area (Å²) in [6.07, 6.45) is 13.6. The van der Waals surface area contributed by atoms with E-state index in [-0.39, 0.29) is 5.78 Å². The maximum absolute atomic E-state index is 11.8. The summed E-state index contributed by atoms with van der Waals surface area (Å²) in [6, 6.07) is 3.64. The van der Waals surface area contributed by atoms with Crippen molar-refractivity contribution >= 4 is 5.78 Å². The van der Waals surface area contributed by atoms with E-state index in [2.05, 4.69) is 6.92 Å². The number of carbonyl (C=O) groups is 1. The predicted molar refractivity (Wildman–Crippen MR) is 84.2 cm³/mol. The van der Waals surface area contributed by atoms with E-state index in [4.69, 9.17) is 4.42 Å². The van der Waals surface area contributed by atoms with Crippen molar-refractivity contribution in [2.24, 2.45) is 0 Å². The zero-order valence-corrected chi connectivity index (χ0v) is 13.2. The Balaban J connectivity index is 1.91. The molecule has 0 saturated carbocycles. The van der Waals surface area contributed by atoms with Crippen LogP contribution < -0.4 is 0 Å². The first-order valence-electron chi connectivity index (χ1n) is 8.33. The summed E-state index contributed by atoms with van der Waals surface area (Å²) in [5, 5.41) is 0. The van der Waals surface area contributed by atoms with E-state index in [1.807, 2.05) is 13.0 Å². The molecule has 2 heteroatoms. The SMILES string of the molecule is CCCCCCCCCCCCC(=O)c1ccc(C)o1. The van der Waals surface area contributed by atoms with Crippen molar-refractivity contribution in [1.29, 1.82) is 0 Å². The van der Waals surface area contributed by atoms with Crippen molar-refractivity contribution in [1.82, 2.24) is 0 Å². The summed E-state index contributed by atoms with van der Waals surface area (Å²) in [5.41, 5.74) is 0. The summed E-state index contributed by atoms with van der Waals surface area (Å²) in [7, 11) is 0. The van der Waals surface area contributed by atoms with Crippen LogP contribution in [0.3, 0.4) is 0 Å². The molecular weight excluding hydrogens is 248 g/mol. The van der Waals surface area contributed by atoms with Crippen LogP contribution in [0, 0.1) is 6.92 Å². The van der Waals surface area contributed by atoms with E-state index in [1.165, 1.54) is 57.8 Å². The van der Waals surface area contributed by atoms with Crippen LogP contribution in [0.25, 0.3) is 0 Å². The fourth-order valence-corrected chi connectivity index (χ4v) is 2.48.